The smallest absolute Gasteiger partial charge is 0.255 e. The molecule has 1 aromatic carbocycles. The highest BCUT2D eigenvalue weighted by Crippen LogP contribution is 2.24. The van der Waals surface area contributed by atoms with E-state index in [0.29, 0.717) is 11.1 Å². The molecule has 1 saturated heterocycles. The van der Waals surface area contributed by atoms with Crippen LogP contribution in [0.4, 0.5) is 10.2 Å². The van der Waals surface area contributed by atoms with Crippen LogP contribution < -0.4 is 15.0 Å². The van der Waals surface area contributed by atoms with Gasteiger partial charge >= 0.3 is 0 Å². The number of methoxy groups -OCH3 is 1. The molecule has 0 spiro atoms. The fourth-order valence-corrected chi connectivity index (χ4v) is 3.24. The Morgan fingerprint density at radius 2 is 2.04 bits per heavy atom. The second-order valence-electron chi connectivity index (χ2n) is 6.51. The minimum absolute atomic E-state index is 0.187. The van der Waals surface area contributed by atoms with Crippen LogP contribution in [-0.2, 0) is 0 Å². The van der Waals surface area contributed by atoms with Gasteiger partial charge < -0.3 is 15.0 Å². The zero-order valence-corrected chi connectivity index (χ0v) is 15.2. The van der Waals surface area contributed by atoms with E-state index in [1.807, 2.05) is 6.92 Å². The summed E-state index contributed by atoms with van der Waals surface area (Å²) in [6.07, 6.45) is 5.15. The van der Waals surface area contributed by atoms with E-state index in [0.717, 1.165) is 31.7 Å². The van der Waals surface area contributed by atoms with Crippen molar-refractivity contribution in [1.82, 2.24) is 10.3 Å². The van der Waals surface area contributed by atoms with Crippen molar-refractivity contribution in [2.45, 2.75) is 32.2 Å². The van der Waals surface area contributed by atoms with Crippen molar-refractivity contribution in [1.29, 1.82) is 0 Å². The number of amides is 1. The van der Waals surface area contributed by atoms with Gasteiger partial charge in [0, 0.05) is 19.3 Å². The summed E-state index contributed by atoms with van der Waals surface area (Å²) in [4.78, 5) is 19.4. The number of piperidine rings is 1. The van der Waals surface area contributed by atoms with Gasteiger partial charge in [0.15, 0.2) is 11.6 Å². The maximum absolute atomic E-state index is 13.9. The number of ether oxygens (including phenoxy) is 1. The summed E-state index contributed by atoms with van der Waals surface area (Å²) in [7, 11) is 1.42. The highest BCUT2D eigenvalue weighted by atomic mass is 19.1. The SMILES string of the molecule is COc1ccc(C(C)NC(=O)c2cccnc2N2CCCCC2)cc1F. The molecule has 0 bridgehead atoms. The Kier molecular flexibility index (Phi) is 5.71. The molecule has 0 aliphatic carbocycles. The van der Waals surface area contributed by atoms with Crippen molar-refractivity contribution >= 4 is 11.7 Å². The molecule has 1 amide bonds. The van der Waals surface area contributed by atoms with Crippen LogP contribution in [0.2, 0.25) is 0 Å². The first-order chi connectivity index (χ1) is 12.6. The Balaban J connectivity index is 1.76. The van der Waals surface area contributed by atoms with E-state index in [1.165, 1.54) is 19.6 Å². The zero-order valence-electron chi connectivity index (χ0n) is 15.2. The van der Waals surface area contributed by atoms with Crippen molar-refractivity contribution in [3.8, 4) is 5.75 Å². The van der Waals surface area contributed by atoms with E-state index in [9.17, 15) is 9.18 Å². The fourth-order valence-electron chi connectivity index (χ4n) is 3.24. The minimum atomic E-state index is -0.443. The first kappa shape index (κ1) is 18.2. The van der Waals surface area contributed by atoms with Crippen LogP contribution in [0.15, 0.2) is 36.5 Å². The zero-order chi connectivity index (χ0) is 18.5. The normalized spacial score (nSPS) is 15.4. The number of benzene rings is 1. The molecule has 138 valence electrons. The molecule has 1 fully saturated rings. The monoisotopic (exact) mass is 357 g/mol. The number of aromatic nitrogens is 1. The summed E-state index contributed by atoms with van der Waals surface area (Å²) in [6, 6.07) is 7.92. The molecule has 1 atom stereocenters. The third-order valence-corrected chi connectivity index (χ3v) is 4.71. The van der Waals surface area contributed by atoms with E-state index in [1.54, 1.807) is 30.5 Å². The largest absolute Gasteiger partial charge is 0.494 e. The lowest BCUT2D eigenvalue weighted by atomic mass is 10.1. The lowest BCUT2D eigenvalue weighted by Crippen LogP contribution is -2.34. The van der Waals surface area contributed by atoms with Gasteiger partial charge in [-0.15, -0.1) is 0 Å². The van der Waals surface area contributed by atoms with Gasteiger partial charge in [0.1, 0.15) is 5.82 Å². The highest BCUT2D eigenvalue weighted by Gasteiger charge is 2.21. The molecule has 0 saturated carbocycles. The summed E-state index contributed by atoms with van der Waals surface area (Å²) in [6.45, 7) is 3.66. The fraction of sp³-hybridized carbons (Fsp3) is 0.400. The predicted molar refractivity (Wildman–Crippen MR) is 99.1 cm³/mol. The van der Waals surface area contributed by atoms with Crippen LogP contribution in [0.5, 0.6) is 5.75 Å². The molecular formula is C20H24FN3O2. The average Bonchev–Trinajstić information content (AvgIpc) is 2.68. The van der Waals surface area contributed by atoms with E-state index in [-0.39, 0.29) is 17.7 Å². The molecule has 1 aliphatic heterocycles. The maximum Gasteiger partial charge on any atom is 0.255 e. The molecule has 1 unspecified atom stereocenters. The van der Waals surface area contributed by atoms with Gasteiger partial charge in [-0.3, -0.25) is 4.79 Å². The van der Waals surface area contributed by atoms with Gasteiger partial charge in [-0.2, -0.15) is 0 Å². The molecular weight excluding hydrogens is 333 g/mol. The third kappa shape index (κ3) is 3.95. The van der Waals surface area contributed by atoms with Crippen molar-refractivity contribution < 1.29 is 13.9 Å². The lowest BCUT2D eigenvalue weighted by Gasteiger charge is -2.29. The number of anilines is 1. The Morgan fingerprint density at radius 1 is 1.27 bits per heavy atom. The summed E-state index contributed by atoms with van der Waals surface area (Å²) >= 11 is 0. The molecule has 6 heteroatoms. The summed E-state index contributed by atoms with van der Waals surface area (Å²) in [5.41, 5.74) is 1.23. The quantitative estimate of drug-likeness (QED) is 0.886. The first-order valence-corrected chi connectivity index (χ1v) is 8.94. The summed E-state index contributed by atoms with van der Waals surface area (Å²) in [5.74, 6) is 0.258. The van der Waals surface area contributed by atoms with Gasteiger partial charge in [-0.05, 0) is 56.0 Å². The van der Waals surface area contributed by atoms with Crippen LogP contribution in [0, 0.1) is 5.82 Å². The second-order valence-corrected chi connectivity index (χ2v) is 6.51. The molecule has 5 nitrogen and oxygen atoms in total. The van der Waals surface area contributed by atoms with Gasteiger partial charge in [-0.25, -0.2) is 9.37 Å². The molecule has 1 N–H and O–H groups in total. The second kappa shape index (κ2) is 8.17. The van der Waals surface area contributed by atoms with Crippen molar-refractivity contribution in [3.05, 3.63) is 53.5 Å². The predicted octanol–water partition coefficient (Wildman–Crippen LogP) is 3.71. The summed E-state index contributed by atoms with van der Waals surface area (Å²) < 4.78 is 18.9. The van der Waals surface area contributed by atoms with Crippen molar-refractivity contribution in [3.63, 3.8) is 0 Å². The number of nitrogens with zero attached hydrogens (tertiary/aromatic N) is 2. The molecule has 2 aromatic rings. The Hall–Kier alpha value is -2.63. The van der Waals surface area contributed by atoms with Gasteiger partial charge in [0.05, 0.1) is 18.7 Å². The Bertz CT molecular complexity index is 775. The molecule has 1 aromatic heterocycles. The first-order valence-electron chi connectivity index (χ1n) is 8.94. The molecule has 3 rings (SSSR count). The van der Waals surface area contributed by atoms with Crippen LogP contribution in [0.1, 0.15) is 48.1 Å². The molecule has 2 heterocycles. The highest BCUT2D eigenvalue weighted by molar-refractivity contribution is 5.99. The number of pyridine rings is 1. The maximum atomic E-state index is 13.9. The Labute approximate surface area is 153 Å². The lowest BCUT2D eigenvalue weighted by molar-refractivity contribution is 0.0940. The van der Waals surface area contributed by atoms with E-state index in [2.05, 4.69) is 15.2 Å². The number of nitrogens with one attached hydrogen (secondary N) is 1. The van der Waals surface area contributed by atoms with Crippen molar-refractivity contribution in [2.75, 3.05) is 25.1 Å². The van der Waals surface area contributed by atoms with Gasteiger partial charge in [0.2, 0.25) is 0 Å². The number of halogens is 1. The number of rotatable bonds is 5. The number of hydrogen-bond acceptors (Lipinski definition) is 4. The van der Waals surface area contributed by atoms with Crippen LogP contribution >= 0.6 is 0 Å². The topological polar surface area (TPSA) is 54.5 Å². The van der Waals surface area contributed by atoms with Crippen LogP contribution in [0.25, 0.3) is 0 Å². The molecule has 0 radical (unpaired) electrons. The number of hydrogen-bond donors (Lipinski definition) is 1. The number of carbonyl (C=O) groups is 1. The van der Waals surface area contributed by atoms with Gasteiger partial charge in [0.25, 0.3) is 5.91 Å². The molecule has 1 aliphatic rings. The third-order valence-electron chi connectivity index (χ3n) is 4.71. The van der Waals surface area contributed by atoms with Gasteiger partial charge in [-0.1, -0.05) is 6.07 Å². The van der Waals surface area contributed by atoms with E-state index >= 15 is 0 Å². The van der Waals surface area contributed by atoms with Crippen LogP contribution in [0.3, 0.4) is 0 Å². The Morgan fingerprint density at radius 3 is 2.73 bits per heavy atom. The van der Waals surface area contributed by atoms with E-state index in [4.69, 9.17) is 4.74 Å². The minimum Gasteiger partial charge on any atom is -0.494 e. The van der Waals surface area contributed by atoms with Crippen LogP contribution in [-0.4, -0.2) is 31.1 Å². The average molecular weight is 357 g/mol. The number of carbonyl (C=O) groups excluding carboxylic acids is 1. The van der Waals surface area contributed by atoms with Crippen molar-refractivity contribution in [2.24, 2.45) is 0 Å². The standard InChI is InChI=1S/C20H24FN3O2/c1-14(15-8-9-18(26-2)17(21)13-15)23-20(25)16-7-6-10-22-19(16)24-11-4-3-5-12-24/h6-10,13-14H,3-5,11-12H2,1-2H3,(H,23,25). The summed E-state index contributed by atoms with van der Waals surface area (Å²) in [5, 5.41) is 2.94. The van der Waals surface area contributed by atoms with E-state index < -0.39 is 5.82 Å². The molecule has 26 heavy (non-hydrogen) atoms.